The Kier molecular flexibility index (Phi) is 5.13. The lowest BCUT2D eigenvalue weighted by atomic mass is 10.1. The number of carboxylic acid groups (broad SMARTS) is 1. The molecule has 10 nitrogen and oxygen atoms in total. The SMILES string of the molecule is CCC(C(=O)O)n1cc(-c2cnc(-n3ccc4cncnc43)cc2NC(C)C)nn1. The van der Waals surface area contributed by atoms with Gasteiger partial charge in [-0.1, -0.05) is 12.1 Å². The van der Waals surface area contributed by atoms with Crippen LogP contribution in [0.15, 0.2) is 43.2 Å². The fourth-order valence-electron chi connectivity index (χ4n) is 3.30. The number of rotatable bonds is 7. The zero-order chi connectivity index (χ0) is 21.3. The van der Waals surface area contributed by atoms with Gasteiger partial charge < -0.3 is 10.4 Å². The van der Waals surface area contributed by atoms with Gasteiger partial charge in [0.15, 0.2) is 6.04 Å². The van der Waals surface area contributed by atoms with Crippen LogP contribution in [0.3, 0.4) is 0 Å². The number of anilines is 1. The van der Waals surface area contributed by atoms with E-state index in [1.807, 2.05) is 36.7 Å². The molecular formula is C20H22N8O2. The van der Waals surface area contributed by atoms with E-state index in [0.29, 0.717) is 17.9 Å². The quantitative estimate of drug-likeness (QED) is 0.480. The number of hydrogen-bond donors (Lipinski definition) is 2. The first kappa shape index (κ1) is 19.5. The number of nitrogens with zero attached hydrogens (tertiary/aromatic N) is 7. The molecule has 10 heteroatoms. The Morgan fingerprint density at radius 3 is 2.83 bits per heavy atom. The highest BCUT2D eigenvalue weighted by atomic mass is 16.4. The van der Waals surface area contributed by atoms with Crippen LogP contribution in [-0.2, 0) is 4.79 Å². The zero-order valence-electron chi connectivity index (χ0n) is 16.9. The van der Waals surface area contributed by atoms with E-state index in [0.717, 1.165) is 22.3 Å². The monoisotopic (exact) mass is 406 g/mol. The Balaban J connectivity index is 1.78. The van der Waals surface area contributed by atoms with Gasteiger partial charge in [-0.25, -0.2) is 24.4 Å². The molecule has 0 aliphatic carbocycles. The molecule has 0 radical (unpaired) electrons. The van der Waals surface area contributed by atoms with Gasteiger partial charge in [0.1, 0.15) is 23.5 Å². The van der Waals surface area contributed by atoms with Crippen LogP contribution in [0.4, 0.5) is 5.69 Å². The molecule has 0 amide bonds. The Morgan fingerprint density at radius 2 is 2.10 bits per heavy atom. The third-order valence-corrected chi connectivity index (χ3v) is 4.71. The first-order chi connectivity index (χ1) is 14.5. The molecule has 0 saturated heterocycles. The molecule has 0 bridgehead atoms. The summed E-state index contributed by atoms with van der Waals surface area (Å²) < 4.78 is 3.27. The normalized spacial score (nSPS) is 12.4. The van der Waals surface area contributed by atoms with Crippen LogP contribution in [0.5, 0.6) is 0 Å². The predicted molar refractivity (Wildman–Crippen MR) is 111 cm³/mol. The molecule has 0 fully saturated rings. The molecule has 154 valence electrons. The summed E-state index contributed by atoms with van der Waals surface area (Å²) in [6.45, 7) is 5.88. The summed E-state index contributed by atoms with van der Waals surface area (Å²) in [5, 5.41) is 21.9. The average Bonchev–Trinajstić information content (AvgIpc) is 3.35. The van der Waals surface area contributed by atoms with Gasteiger partial charge in [-0.3, -0.25) is 4.57 Å². The lowest BCUT2D eigenvalue weighted by Crippen LogP contribution is -2.18. The number of fused-ring (bicyclic) bond motifs is 1. The summed E-state index contributed by atoms with van der Waals surface area (Å²) in [4.78, 5) is 24.4. The number of carboxylic acids is 1. The summed E-state index contributed by atoms with van der Waals surface area (Å²) in [6, 6.07) is 3.26. The third kappa shape index (κ3) is 3.59. The van der Waals surface area contributed by atoms with E-state index in [1.165, 1.54) is 11.0 Å². The topological polar surface area (TPSA) is 124 Å². The second kappa shape index (κ2) is 7.90. The number of carbonyl (C=O) groups is 1. The predicted octanol–water partition coefficient (Wildman–Crippen LogP) is 2.93. The van der Waals surface area contributed by atoms with E-state index in [2.05, 4.69) is 30.6 Å². The van der Waals surface area contributed by atoms with E-state index in [9.17, 15) is 9.90 Å². The molecule has 4 aromatic heterocycles. The first-order valence-corrected chi connectivity index (χ1v) is 9.67. The van der Waals surface area contributed by atoms with E-state index in [-0.39, 0.29) is 6.04 Å². The molecule has 30 heavy (non-hydrogen) atoms. The van der Waals surface area contributed by atoms with E-state index >= 15 is 0 Å². The molecule has 0 aliphatic heterocycles. The van der Waals surface area contributed by atoms with Crippen LogP contribution in [0.2, 0.25) is 0 Å². The van der Waals surface area contributed by atoms with Crippen LogP contribution in [0.1, 0.15) is 33.2 Å². The molecular weight excluding hydrogens is 384 g/mol. The van der Waals surface area contributed by atoms with Gasteiger partial charge in [-0.05, 0) is 26.3 Å². The highest BCUT2D eigenvalue weighted by Gasteiger charge is 2.21. The molecule has 0 aromatic carbocycles. The lowest BCUT2D eigenvalue weighted by Gasteiger charge is -2.15. The number of aliphatic carboxylic acids is 1. The molecule has 0 aliphatic rings. The Morgan fingerprint density at radius 1 is 1.27 bits per heavy atom. The lowest BCUT2D eigenvalue weighted by molar-refractivity contribution is -0.141. The Labute approximate surface area is 172 Å². The van der Waals surface area contributed by atoms with Gasteiger partial charge in [0, 0.05) is 47.3 Å². The minimum Gasteiger partial charge on any atom is -0.480 e. The van der Waals surface area contributed by atoms with Crippen molar-refractivity contribution < 1.29 is 9.90 Å². The Hall–Kier alpha value is -3.82. The van der Waals surface area contributed by atoms with Crippen molar-refractivity contribution >= 4 is 22.7 Å². The fraction of sp³-hybridized carbons (Fsp3) is 0.300. The summed E-state index contributed by atoms with van der Waals surface area (Å²) in [5.41, 5.74) is 2.88. The van der Waals surface area contributed by atoms with Gasteiger partial charge in [0.25, 0.3) is 0 Å². The van der Waals surface area contributed by atoms with Crippen LogP contribution in [0.25, 0.3) is 28.1 Å². The van der Waals surface area contributed by atoms with Crippen molar-refractivity contribution in [3.8, 4) is 17.1 Å². The molecule has 0 saturated carbocycles. The summed E-state index contributed by atoms with van der Waals surface area (Å²) in [5.74, 6) is -0.246. The van der Waals surface area contributed by atoms with Crippen LogP contribution >= 0.6 is 0 Å². The highest BCUT2D eigenvalue weighted by Crippen LogP contribution is 2.29. The number of pyridine rings is 1. The molecule has 2 N–H and O–H groups in total. The average molecular weight is 406 g/mol. The standard InChI is InChI=1S/C20H22N8O2/c1-4-17(20(29)30)28-10-16(25-26-28)14-9-22-18(7-15(14)24-12(2)3)27-6-5-13-8-21-11-23-19(13)27/h5-12,17H,4H2,1-3H3,(H,22,24)(H,29,30). The van der Waals surface area contributed by atoms with Crippen LogP contribution in [0, 0.1) is 0 Å². The summed E-state index contributed by atoms with van der Waals surface area (Å²) in [7, 11) is 0. The van der Waals surface area contributed by atoms with Crippen molar-refractivity contribution in [3.63, 3.8) is 0 Å². The largest absolute Gasteiger partial charge is 0.480 e. The second-order valence-electron chi connectivity index (χ2n) is 7.22. The van der Waals surface area contributed by atoms with Crippen molar-refractivity contribution in [2.75, 3.05) is 5.32 Å². The van der Waals surface area contributed by atoms with Gasteiger partial charge in [0.05, 0.1) is 6.20 Å². The van der Waals surface area contributed by atoms with Gasteiger partial charge in [0.2, 0.25) is 0 Å². The second-order valence-corrected chi connectivity index (χ2v) is 7.22. The maximum Gasteiger partial charge on any atom is 0.328 e. The van der Waals surface area contributed by atoms with Crippen molar-refractivity contribution in [1.29, 1.82) is 0 Å². The minimum absolute atomic E-state index is 0.167. The maximum atomic E-state index is 11.4. The fourth-order valence-corrected chi connectivity index (χ4v) is 3.30. The Bertz CT molecular complexity index is 1200. The molecule has 4 aromatic rings. The van der Waals surface area contributed by atoms with E-state index in [1.54, 1.807) is 25.5 Å². The zero-order valence-corrected chi connectivity index (χ0v) is 16.9. The van der Waals surface area contributed by atoms with E-state index < -0.39 is 12.0 Å². The highest BCUT2D eigenvalue weighted by molar-refractivity contribution is 5.79. The van der Waals surface area contributed by atoms with Crippen molar-refractivity contribution in [2.24, 2.45) is 0 Å². The van der Waals surface area contributed by atoms with E-state index in [4.69, 9.17) is 0 Å². The molecule has 4 heterocycles. The summed E-state index contributed by atoms with van der Waals surface area (Å²) >= 11 is 0. The maximum absolute atomic E-state index is 11.4. The van der Waals surface area contributed by atoms with Gasteiger partial charge >= 0.3 is 5.97 Å². The van der Waals surface area contributed by atoms with Gasteiger partial charge in [-0.2, -0.15) is 0 Å². The van der Waals surface area contributed by atoms with Crippen LogP contribution < -0.4 is 5.32 Å². The summed E-state index contributed by atoms with van der Waals surface area (Å²) in [6.07, 6.45) is 8.92. The smallest absolute Gasteiger partial charge is 0.328 e. The number of hydrogen-bond acceptors (Lipinski definition) is 7. The third-order valence-electron chi connectivity index (χ3n) is 4.71. The first-order valence-electron chi connectivity index (χ1n) is 9.67. The van der Waals surface area contributed by atoms with Gasteiger partial charge in [-0.15, -0.1) is 5.10 Å². The molecule has 4 rings (SSSR count). The van der Waals surface area contributed by atoms with Crippen molar-refractivity contribution in [2.45, 2.75) is 39.3 Å². The number of nitrogens with one attached hydrogen (secondary N) is 1. The molecule has 1 unspecified atom stereocenters. The number of aromatic nitrogens is 7. The van der Waals surface area contributed by atoms with Crippen LogP contribution in [-0.4, -0.2) is 51.6 Å². The molecule has 0 spiro atoms. The van der Waals surface area contributed by atoms with Crippen molar-refractivity contribution in [1.82, 2.24) is 34.5 Å². The van der Waals surface area contributed by atoms with Crippen molar-refractivity contribution in [3.05, 3.63) is 43.2 Å². The molecule has 1 atom stereocenters. The minimum atomic E-state index is -0.940.